The third-order valence-electron chi connectivity index (χ3n) is 2.90. The number of rotatable bonds is 4. The van der Waals surface area contributed by atoms with E-state index in [9.17, 15) is 4.79 Å². The zero-order valence-electron chi connectivity index (χ0n) is 9.35. The fourth-order valence-corrected chi connectivity index (χ4v) is 2.11. The molecular weight excluding hydrogens is 202 g/mol. The van der Waals surface area contributed by atoms with Gasteiger partial charge < -0.3 is 10.2 Å². The number of amides is 1. The molecule has 0 spiro atoms. The van der Waals surface area contributed by atoms with Crippen LogP contribution in [-0.4, -0.2) is 24.5 Å². The second kappa shape index (κ2) is 5.49. The van der Waals surface area contributed by atoms with Crippen molar-refractivity contribution in [1.82, 2.24) is 10.3 Å². The Bertz CT molecular complexity index is 348. The minimum atomic E-state index is 0.559. The Kier molecular flexibility index (Phi) is 3.75. The predicted octanol–water partition coefficient (Wildman–Crippen LogP) is 1.32. The van der Waals surface area contributed by atoms with Crippen LogP contribution < -0.4 is 10.2 Å². The van der Waals surface area contributed by atoms with E-state index in [-0.39, 0.29) is 0 Å². The van der Waals surface area contributed by atoms with Gasteiger partial charge in [0.15, 0.2) is 0 Å². The fraction of sp³-hybridized carbons (Fsp3) is 0.500. The molecule has 1 aliphatic rings. The molecule has 0 saturated carbocycles. The van der Waals surface area contributed by atoms with E-state index < -0.39 is 0 Å². The van der Waals surface area contributed by atoms with Gasteiger partial charge in [-0.15, -0.1) is 0 Å². The van der Waals surface area contributed by atoms with Crippen LogP contribution in [0.15, 0.2) is 18.3 Å². The van der Waals surface area contributed by atoms with E-state index in [0.29, 0.717) is 6.54 Å². The van der Waals surface area contributed by atoms with Gasteiger partial charge >= 0.3 is 0 Å². The van der Waals surface area contributed by atoms with Crippen molar-refractivity contribution in [2.24, 2.45) is 0 Å². The van der Waals surface area contributed by atoms with E-state index >= 15 is 0 Å². The van der Waals surface area contributed by atoms with Crippen molar-refractivity contribution >= 4 is 12.2 Å². The number of aromatic nitrogens is 1. The Labute approximate surface area is 95.7 Å². The molecule has 4 nitrogen and oxygen atoms in total. The van der Waals surface area contributed by atoms with Crippen molar-refractivity contribution < 1.29 is 4.79 Å². The van der Waals surface area contributed by atoms with Crippen LogP contribution in [0.1, 0.15) is 24.8 Å². The molecule has 1 aromatic heterocycles. The van der Waals surface area contributed by atoms with Gasteiger partial charge in [-0.25, -0.2) is 4.98 Å². The quantitative estimate of drug-likeness (QED) is 0.777. The van der Waals surface area contributed by atoms with Gasteiger partial charge in [-0.3, -0.25) is 4.79 Å². The first kappa shape index (κ1) is 10.9. The topological polar surface area (TPSA) is 45.2 Å². The molecule has 0 aliphatic carbocycles. The van der Waals surface area contributed by atoms with Crippen LogP contribution >= 0.6 is 0 Å². The Morgan fingerprint density at radius 1 is 1.38 bits per heavy atom. The largest absolute Gasteiger partial charge is 0.356 e. The highest BCUT2D eigenvalue weighted by Crippen LogP contribution is 2.21. The van der Waals surface area contributed by atoms with Crippen LogP contribution in [0.5, 0.6) is 0 Å². The number of carbonyl (C=O) groups is 1. The number of hydrogen-bond acceptors (Lipinski definition) is 3. The second-order valence-electron chi connectivity index (χ2n) is 4.03. The van der Waals surface area contributed by atoms with Gasteiger partial charge in [0, 0.05) is 31.4 Å². The highest BCUT2D eigenvalue weighted by Gasteiger charge is 2.14. The first-order chi connectivity index (χ1) is 7.92. The van der Waals surface area contributed by atoms with Crippen molar-refractivity contribution in [3.63, 3.8) is 0 Å². The zero-order valence-corrected chi connectivity index (χ0v) is 9.35. The number of carbonyl (C=O) groups excluding carboxylic acids is 1. The lowest BCUT2D eigenvalue weighted by atomic mass is 10.1. The highest BCUT2D eigenvalue weighted by molar-refractivity contribution is 5.51. The lowest BCUT2D eigenvalue weighted by Crippen LogP contribution is -2.31. The van der Waals surface area contributed by atoms with Gasteiger partial charge in [-0.1, -0.05) is 6.07 Å². The maximum Gasteiger partial charge on any atom is 0.207 e. The standard InChI is InChI=1S/C12H17N3O/c16-10-13-9-11-5-4-6-14-12(11)15-7-2-1-3-8-15/h4-6,10H,1-3,7-9H2,(H,13,16). The number of pyridine rings is 1. The summed E-state index contributed by atoms with van der Waals surface area (Å²) in [5.41, 5.74) is 1.09. The van der Waals surface area contributed by atoms with Crippen LogP contribution in [0.3, 0.4) is 0 Å². The third-order valence-corrected chi connectivity index (χ3v) is 2.90. The number of nitrogens with one attached hydrogen (secondary N) is 1. The molecular formula is C12H17N3O. The second-order valence-corrected chi connectivity index (χ2v) is 4.03. The average Bonchev–Trinajstić information content (AvgIpc) is 2.38. The van der Waals surface area contributed by atoms with E-state index in [1.54, 1.807) is 0 Å². The monoisotopic (exact) mass is 219 g/mol. The van der Waals surface area contributed by atoms with Gasteiger partial charge in [0.2, 0.25) is 6.41 Å². The number of nitrogens with zero attached hydrogens (tertiary/aromatic N) is 2. The van der Waals surface area contributed by atoms with Crippen LogP contribution in [0.25, 0.3) is 0 Å². The number of hydrogen-bond donors (Lipinski definition) is 1. The summed E-state index contributed by atoms with van der Waals surface area (Å²) in [4.78, 5) is 17.1. The summed E-state index contributed by atoms with van der Waals surface area (Å²) in [6.07, 6.45) is 6.32. The van der Waals surface area contributed by atoms with Crippen molar-refractivity contribution in [2.45, 2.75) is 25.8 Å². The van der Waals surface area contributed by atoms with Gasteiger partial charge in [0.1, 0.15) is 5.82 Å². The van der Waals surface area contributed by atoms with Gasteiger partial charge in [-0.2, -0.15) is 0 Å². The number of piperidine rings is 1. The maximum atomic E-state index is 10.3. The Morgan fingerprint density at radius 2 is 2.19 bits per heavy atom. The van der Waals surface area contributed by atoms with Crippen LogP contribution in [0.2, 0.25) is 0 Å². The molecule has 2 rings (SSSR count). The van der Waals surface area contributed by atoms with Crippen LogP contribution in [0, 0.1) is 0 Å². The van der Waals surface area contributed by atoms with Crippen LogP contribution in [0.4, 0.5) is 5.82 Å². The molecule has 1 fully saturated rings. The summed E-state index contributed by atoms with van der Waals surface area (Å²) in [7, 11) is 0. The molecule has 86 valence electrons. The lowest BCUT2D eigenvalue weighted by Gasteiger charge is -2.29. The highest BCUT2D eigenvalue weighted by atomic mass is 16.1. The van der Waals surface area contributed by atoms with Crippen molar-refractivity contribution in [3.8, 4) is 0 Å². The van der Waals surface area contributed by atoms with E-state index in [1.165, 1.54) is 19.3 Å². The third kappa shape index (κ3) is 2.51. The smallest absolute Gasteiger partial charge is 0.207 e. The summed E-state index contributed by atoms with van der Waals surface area (Å²) in [6, 6.07) is 3.93. The van der Waals surface area contributed by atoms with Gasteiger partial charge in [0.25, 0.3) is 0 Å². The molecule has 0 atom stereocenters. The lowest BCUT2D eigenvalue weighted by molar-refractivity contribution is -0.109. The molecule has 0 radical (unpaired) electrons. The normalized spacial score (nSPS) is 15.9. The van der Waals surface area contributed by atoms with Crippen molar-refractivity contribution in [1.29, 1.82) is 0 Å². The fourth-order valence-electron chi connectivity index (χ4n) is 2.11. The molecule has 0 unspecified atom stereocenters. The van der Waals surface area contributed by atoms with Gasteiger partial charge in [-0.05, 0) is 25.3 Å². The molecule has 1 N–H and O–H groups in total. The summed E-state index contributed by atoms with van der Waals surface area (Å²) in [5, 5.41) is 2.70. The van der Waals surface area contributed by atoms with Gasteiger partial charge in [0.05, 0.1) is 0 Å². The summed E-state index contributed by atoms with van der Waals surface area (Å²) >= 11 is 0. The molecule has 0 bridgehead atoms. The molecule has 4 heteroatoms. The average molecular weight is 219 g/mol. The molecule has 1 saturated heterocycles. The molecule has 0 aromatic carbocycles. The number of anilines is 1. The first-order valence-corrected chi connectivity index (χ1v) is 5.77. The first-order valence-electron chi connectivity index (χ1n) is 5.77. The van der Waals surface area contributed by atoms with E-state index in [0.717, 1.165) is 30.9 Å². The predicted molar refractivity (Wildman–Crippen MR) is 63.2 cm³/mol. The zero-order chi connectivity index (χ0) is 11.2. The minimum absolute atomic E-state index is 0.559. The molecule has 16 heavy (non-hydrogen) atoms. The summed E-state index contributed by atoms with van der Waals surface area (Å²) in [5.74, 6) is 1.02. The van der Waals surface area contributed by atoms with Crippen LogP contribution in [-0.2, 0) is 11.3 Å². The van der Waals surface area contributed by atoms with E-state index in [4.69, 9.17) is 0 Å². The Hall–Kier alpha value is -1.58. The van der Waals surface area contributed by atoms with E-state index in [2.05, 4.69) is 15.2 Å². The molecule has 1 amide bonds. The van der Waals surface area contributed by atoms with Crippen molar-refractivity contribution in [2.75, 3.05) is 18.0 Å². The summed E-state index contributed by atoms with van der Waals surface area (Å²) in [6.45, 7) is 2.71. The maximum absolute atomic E-state index is 10.3. The SMILES string of the molecule is O=CNCc1cccnc1N1CCCCC1. The molecule has 1 aliphatic heterocycles. The van der Waals surface area contributed by atoms with E-state index in [1.807, 2.05) is 18.3 Å². The Morgan fingerprint density at radius 3 is 2.94 bits per heavy atom. The Balaban J connectivity index is 2.14. The summed E-state index contributed by atoms with van der Waals surface area (Å²) < 4.78 is 0. The molecule has 2 heterocycles. The molecule has 1 aromatic rings. The van der Waals surface area contributed by atoms with Crippen molar-refractivity contribution in [3.05, 3.63) is 23.9 Å². The minimum Gasteiger partial charge on any atom is -0.356 e.